The quantitative estimate of drug-likeness (QED) is 0.524. The summed E-state index contributed by atoms with van der Waals surface area (Å²) in [5.74, 6) is 0. The first kappa shape index (κ1) is 13.3. The molecule has 0 aliphatic heterocycles. The number of aromatic nitrogens is 3. The molecule has 108 valence electrons. The second kappa shape index (κ2) is 4.81. The van der Waals surface area contributed by atoms with Gasteiger partial charge in [-0.15, -0.1) is 0 Å². The smallest absolute Gasteiger partial charge is 0.284 e. The van der Waals surface area contributed by atoms with Gasteiger partial charge >= 0.3 is 5.56 Å². The van der Waals surface area contributed by atoms with Crippen LogP contribution in [0.25, 0.3) is 27.5 Å². The Kier molecular flexibility index (Phi) is 2.90. The minimum absolute atomic E-state index is 0.0504. The summed E-state index contributed by atoms with van der Waals surface area (Å²) < 4.78 is 4.45. The number of nitrogens with one attached hydrogen (secondary N) is 1. The summed E-state index contributed by atoms with van der Waals surface area (Å²) in [5.41, 5.74) is 2.29. The summed E-state index contributed by atoms with van der Waals surface area (Å²) in [4.78, 5) is 12.8. The molecule has 4 nitrogen and oxygen atoms in total. The van der Waals surface area contributed by atoms with Crippen molar-refractivity contribution >= 4 is 37.7 Å². The van der Waals surface area contributed by atoms with E-state index in [0.717, 1.165) is 26.4 Å². The number of pyridine rings is 1. The van der Waals surface area contributed by atoms with Gasteiger partial charge in [-0.25, -0.2) is 4.68 Å². The van der Waals surface area contributed by atoms with Crippen LogP contribution in [0.4, 0.5) is 0 Å². The Morgan fingerprint density at radius 1 is 1.09 bits per heavy atom. The normalized spacial score (nSPS) is 11.4. The molecule has 0 unspecified atom stereocenters. The molecule has 5 heteroatoms. The van der Waals surface area contributed by atoms with E-state index >= 15 is 0 Å². The number of H-pyrrole nitrogens is 1. The minimum atomic E-state index is -0.0504. The molecule has 0 saturated carbocycles. The van der Waals surface area contributed by atoms with E-state index in [1.165, 1.54) is 0 Å². The third-order valence-corrected chi connectivity index (χ3v) is 4.40. The van der Waals surface area contributed by atoms with Crippen molar-refractivity contribution < 1.29 is 4.57 Å². The molecule has 0 bridgehead atoms. The van der Waals surface area contributed by atoms with E-state index < -0.39 is 0 Å². The molecule has 0 amide bonds. The van der Waals surface area contributed by atoms with Gasteiger partial charge in [0, 0.05) is 15.2 Å². The third-order valence-electron chi connectivity index (χ3n) is 3.87. The first-order chi connectivity index (χ1) is 10.6. The first-order valence-corrected chi connectivity index (χ1v) is 7.72. The van der Waals surface area contributed by atoms with Crippen LogP contribution >= 0.6 is 15.9 Å². The van der Waals surface area contributed by atoms with Crippen LogP contribution in [0.1, 0.15) is 0 Å². The average molecular weight is 355 g/mol. The molecule has 0 fully saturated rings. The molecule has 2 aromatic carbocycles. The van der Waals surface area contributed by atoms with Crippen LogP contribution in [-0.2, 0) is 7.05 Å². The highest BCUT2D eigenvalue weighted by Gasteiger charge is 2.19. The number of benzene rings is 2. The molecule has 2 aromatic heterocycles. The lowest BCUT2D eigenvalue weighted by atomic mass is 10.1. The van der Waals surface area contributed by atoms with E-state index in [4.69, 9.17) is 0 Å². The van der Waals surface area contributed by atoms with Gasteiger partial charge in [-0.2, -0.15) is 4.57 Å². The number of rotatable bonds is 1. The van der Waals surface area contributed by atoms with Gasteiger partial charge in [-0.05, 0) is 30.3 Å². The maximum absolute atomic E-state index is 12.8. The number of halogens is 1. The molecule has 4 rings (SSSR count). The molecule has 0 saturated heterocycles. The van der Waals surface area contributed by atoms with E-state index in [1.54, 1.807) is 4.68 Å². The topological polar surface area (TPSA) is 41.7 Å². The van der Waals surface area contributed by atoms with Crippen molar-refractivity contribution in [1.82, 2.24) is 9.78 Å². The molecule has 1 N–H and O–H groups in total. The van der Waals surface area contributed by atoms with Gasteiger partial charge < -0.3 is 0 Å². The maximum Gasteiger partial charge on any atom is 0.344 e. The second-order valence-corrected chi connectivity index (χ2v) is 6.20. The zero-order valence-corrected chi connectivity index (χ0v) is 13.5. The molecule has 4 aromatic rings. The van der Waals surface area contributed by atoms with Crippen molar-refractivity contribution in [2.45, 2.75) is 0 Å². The van der Waals surface area contributed by atoms with Gasteiger partial charge in [-0.1, -0.05) is 34.1 Å². The van der Waals surface area contributed by atoms with Crippen LogP contribution in [0.3, 0.4) is 0 Å². The van der Waals surface area contributed by atoms with Crippen molar-refractivity contribution in [3.63, 3.8) is 0 Å². The van der Waals surface area contributed by atoms with Gasteiger partial charge in [0.2, 0.25) is 0 Å². The summed E-state index contributed by atoms with van der Waals surface area (Å²) in [6.45, 7) is 0. The molecule has 22 heavy (non-hydrogen) atoms. The third kappa shape index (κ3) is 1.89. The Hall–Kier alpha value is -2.40. The molecule has 0 aliphatic rings. The van der Waals surface area contributed by atoms with Crippen LogP contribution < -0.4 is 10.1 Å². The van der Waals surface area contributed by atoms with E-state index in [2.05, 4.69) is 21.0 Å². The van der Waals surface area contributed by atoms with E-state index in [0.29, 0.717) is 5.52 Å². The lowest BCUT2D eigenvalue weighted by Gasteiger charge is -2.00. The monoisotopic (exact) mass is 354 g/mol. The fourth-order valence-electron chi connectivity index (χ4n) is 2.83. The fraction of sp³-hybridized carbons (Fsp3) is 0.0588. The largest absolute Gasteiger partial charge is 0.344 e. The van der Waals surface area contributed by atoms with Crippen LogP contribution in [0.2, 0.25) is 0 Å². The standard InChI is InChI=1S/C17H12BrN3O/c1-20-10-11-4-2-3-5-14(11)15-16(20)17(22)21(19-15)13-8-6-12(18)7-9-13/h2-10H,1H3/p+1. The maximum atomic E-state index is 12.8. The predicted molar refractivity (Wildman–Crippen MR) is 90.3 cm³/mol. The lowest BCUT2D eigenvalue weighted by molar-refractivity contribution is -0.644. The van der Waals surface area contributed by atoms with Crippen molar-refractivity contribution in [1.29, 1.82) is 0 Å². The molecular formula is C17H13BrN3O+. The molecular weight excluding hydrogens is 342 g/mol. The number of aryl methyl sites for hydroxylation is 1. The van der Waals surface area contributed by atoms with E-state index in [-0.39, 0.29) is 5.56 Å². The highest BCUT2D eigenvalue weighted by molar-refractivity contribution is 9.10. The van der Waals surface area contributed by atoms with Gasteiger partial charge in [0.1, 0.15) is 12.6 Å². The SMILES string of the molecule is C[n+]1cc2ccccc2c2[nH]n(-c3ccc(Br)cc3)c(=O)c21. The number of aromatic amines is 1. The average Bonchev–Trinajstić information content (AvgIpc) is 2.87. The summed E-state index contributed by atoms with van der Waals surface area (Å²) in [6.07, 6.45) is 1.98. The Morgan fingerprint density at radius 3 is 2.59 bits per heavy atom. The number of nitrogens with zero attached hydrogens (tertiary/aromatic N) is 2. The fourth-order valence-corrected chi connectivity index (χ4v) is 3.09. The van der Waals surface area contributed by atoms with E-state index in [9.17, 15) is 4.79 Å². The minimum Gasteiger partial charge on any atom is -0.284 e. The Morgan fingerprint density at radius 2 is 1.82 bits per heavy atom. The summed E-state index contributed by atoms with van der Waals surface area (Å²) >= 11 is 3.41. The number of hydrogen-bond donors (Lipinski definition) is 1. The van der Waals surface area contributed by atoms with E-state index in [1.807, 2.05) is 66.3 Å². The van der Waals surface area contributed by atoms with Crippen LogP contribution in [0.15, 0.2) is 64.0 Å². The van der Waals surface area contributed by atoms with Gasteiger partial charge in [-0.3, -0.25) is 9.89 Å². The Labute approximate surface area is 134 Å². The number of hydrogen-bond acceptors (Lipinski definition) is 1. The molecule has 0 spiro atoms. The van der Waals surface area contributed by atoms with Gasteiger partial charge in [0.15, 0.2) is 6.20 Å². The highest BCUT2D eigenvalue weighted by atomic mass is 79.9. The molecule has 0 aliphatic carbocycles. The molecule has 2 heterocycles. The van der Waals surface area contributed by atoms with Crippen molar-refractivity contribution in [3.05, 3.63) is 69.6 Å². The molecule has 0 atom stereocenters. The van der Waals surface area contributed by atoms with Gasteiger partial charge in [0.25, 0.3) is 5.52 Å². The van der Waals surface area contributed by atoms with Crippen LogP contribution in [-0.4, -0.2) is 9.78 Å². The lowest BCUT2D eigenvalue weighted by Crippen LogP contribution is -2.33. The van der Waals surface area contributed by atoms with Crippen molar-refractivity contribution in [2.24, 2.45) is 7.05 Å². The molecule has 0 radical (unpaired) electrons. The van der Waals surface area contributed by atoms with Gasteiger partial charge in [0.05, 0.1) is 5.69 Å². The van der Waals surface area contributed by atoms with Crippen molar-refractivity contribution in [2.75, 3.05) is 0 Å². The Balaban J connectivity index is 2.12. The van der Waals surface area contributed by atoms with Crippen LogP contribution in [0, 0.1) is 0 Å². The second-order valence-electron chi connectivity index (χ2n) is 5.28. The zero-order valence-electron chi connectivity index (χ0n) is 11.9. The first-order valence-electron chi connectivity index (χ1n) is 6.93. The Bertz CT molecular complexity index is 1060. The summed E-state index contributed by atoms with van der Waals surface area (Å²) in [7, 11) is 1.90. The summed E-state index contributed by atoms with van der Waals surface area (Å²) in [5, 5.41) is 5.40. The van der Waals surface area contributed by atoms with Crippen molar-refractivity contribution in [3.8, 4) is 5.69 Å². The highest BCUT2D eigenvalue weighted by Crippen LogP contribution is 2.20. The number of fused-ring (bicyclic) bond motifs is 3. The zero-order chi connectivity index (χ0) is 15.3. The van der Waals surface area contributed by atoms with Crippen LogP contribution in [0.5, 0.6) is 0 Å². The summed E-state index contributed by atoms with van der Waals surface area (Å²) in [6, 6.07) is 15.7. The predicted octanol–water partition coefficient (Wildman–Crippen LogP) is 3.06.